The molecule has 0 radical (unpaired) electrons. The molecule has 2 atom stereocenters. The SMILES string of the molecule is CC(C)C(C)CC(=O)N1CCCC1CN. The maximum absolute atomic E-state index is 12.0. The van der Waals surface area contributed by atoms with Crippen molar-refractivity contribution in [1.82, 2.24) is 4.90 Å². The lowest BCUT2D eigenvalue weighted by Crippen LogP contribution is -2.40. The summed E-state index contributed by atoms with van der Waals surface area (Å²) in [6.45, 7) is 8.01. The maximum Gasteiger partial charge on any atom is 0.223 e. The van der Waals surface area contributed by atoms with Crippen molar-refractivity contribution >= 4 is 5.91 Å². The minimum Gasteiger partial charge on any atom is -0.338 e. The van der Waals surface area contributed by atoms with Crippen molar-refractivity contribution in [1.29, 1.82) is 0 Å². The van der Waals surface area contributed by atoms with Gasteiger partial charge in [-0.1, -0.05) is 20.8 Å². The number of nitrogens with zero attached hydrogens (tertiary/aromatic N) is 1. The van der Waals surface area contributed by atoms with Gasteiger partial charge in [-0.15, -0.1) is 0 Å². The molecule has 1 aliphatic heterocycles. The number of likely N-dealkylation sites (tertiary alicyclic amines) is 1. The molecule has 1 aliphatic rings. The van der Waals surface area contributed by atoms with E-state index in [2.05, 4.69) is 20.8 Å². The summed E-state index contributed by atoms with van der Waals surface area (Å²) >= 11 is 0. The van der Waals surface area contributed by atoms with E-state index in [1.807, 2.05) is 4.90 Å². The van der Waals surface area contributed by atoms with E-state index < -0.39 is 0 Å². The number of nitrogens with two attached hydrogens (primary N) is 1. The highest BCUT2D eigenvalue weighted by Gasteiger charge is 2.28. The fourth-order valence-electron chi connectivity index (χ4n) is 2.04. The van der Waals surface area contributed by atoms with Crippen LogP contribution >= 0.6 is 0 Å². The van der Waals surface area contributed by atoms with Gasteiger partial charge in [0.15, 0.2) is 0 Å². The molecule has 1 rings (SSSR count). The summed E-state index contributed by atoms with van der Waals surface area (Å²) in [5.74, 6) is 1.34. The minimum absolute atomic E-state index is 0.296. The van der Waals surface area contributed by atoms with Gasteiger partial charge in [0.1, 0.15) is 0 Å². The average molecular weight is 212 g/mol. The second-order valence-corrected chi connectivity index (χ2v) is 5.04. The van der Waals surface area contributed by atoms with Crippen molar-refractivity contribution in [2.75, 3.05) is 13.1 Å². The molecule has 15 heavy (non-hydrogen) atoms. The normalized spacial score (nSPS) is 23.5. The number of rotatable bonds is 4. The van der Waals surface area contributed by atoms with Gasteiger partial charge in [-0.2, -0.15) is 0 Å². The molecule has 0 saturated carbocycles. The van der Waals surface area contributed by atoms with Crippen LogP contribution in [0.3, 0.4) is 0 Å². The first kappa shape index (κ1) is 12.5. The summed E-state index contributed by atoms with van der Waals surface area (Å²) < 4.78 is 0. The minimum atomic E-state index is 0.296. The van der Waals surface area contributed by atoms with Crippen molar-refractivity contribution in [3.63, 3.8) is 0 Å². The van der Waals surface area contributed by atoms with Crippen LogP contribution in [0.15, 0.2) is 0 Å². The average Bonchev–Trinajstić information content (AvgIpc) is 2.64. The van der Waals surface area contributed by atoms with E-state index in [1.54, 1.807) is 0 Å². The van der Waals surface area contributed by atoms with Gasteiger partial charge < -0.3 is 10.6 Å². The molecule has 0 bridgehead atoms. The first-order valence-electron chi connectivity index (χ1n) is 6.05. The Labute approximate surface area is 93.0 Å². The standard InChI is InChI=1S/C12H24N2O/c1-9(2)10(3)7-12(15)14-6-4-5-11(14)8-13/h9-11H,4-8,13H2,1-3H3. The van der Waals surface area contributed by atoms with Crippen LogP contribution in [0.1, 0.15) is 40.0 Å². The highest BCUT2D eigenvalue weighted by Crippen LogP contribution is 2.21. The summed E-state index contributed by atoms with van der Waals surface area (Å²) in [6, 6.07) is 0.303. The Hall–Kier alpha value is -0.570. The molecule has 2 unspecified atom stereocenters. The van der Waals surface area contributed by atoms with Gasteiger partial charge in [0.25, 0.3) is 0 Å². The molecule has 3 heteroatoms. The second-order valence-electron chi connectivity index (χ2n) is 5.04. The summed E-state index contributed by atoms with van der Waals surface area (Å²) in [5, 5.41) is 0. The van der Waals surface area contributed by atoms with Crippen LogP contribution < -0.4 is 5.73 Å². The maximum atomic E-state index is 12.0. The van der Waals surface area contributed by atoms with Crippen molar-refractivity contribution < 1.29 is 4.79 Å². The third-order valence-corrected chi connectivity index (χ3v) is 3.60. The molecule has 0 aromatic carbocycles. The van der Waals surface area contributed by atoms with Gasteiger partial charge in [0, 0.05) is 25.6 Å². The van der Waals surface area contributed by atoms with Crippen LogP contribution in [0.25, 0.3) is 0 Å². The molecule has 1 fully saturated rings. The van der Waals surface area contributed by atoms with E-state index in [4.69, 9.17) is 5.73 Å². The molecule has 0 aromatic rings. The first-order chi connectivity index (χ1) is 7.06. The number of amides is 1. The highest BCUT2D eigenvalue weighted by atomic mass is 16.2. The molecule has 1 saturated heterocycles. The third-order valence-electron chi connectivity index (χ3n) is 3.60. The Morgan fingerprint density at radius 2 is 2.13 bits per heavy atom. The summed E-state index contributed by atoms with van der Waals surface area (Å²) in [7, 11) is 0. The van der Waals surface area contributed by atoms with E-state index in [-0.39, 0.29) is 0 Å². The van der Waals surface area contributed by atoms with Crippen LogP contribution in [-0.2, 0) is 4.79 Å². The molecule has 88 valence electrons. The molecular formula is C12H24N2O. The first-order valence-corrected chi connectivity index (χ1v) is 6.05. The molecule has 2 N–H and O–H groups in total. The van der Waals surface area contributed by atoms with Crippen LogP contribution in [0.5, 0.6) is 0 Å². The zero-order chi connectivity index (χ0) is 11.4. The summed E-state index contributed by atoms with van der Waals surface area (Å²) in [4.78, 5) is 14.0. The van der Waals surface area contributed by atoms with Crippen LogP contribution in [0, 0.1) is 11.8 Å². The molecule has 1 heterocycles. The van der Waals surface area contributed by atoms with Gasteiger partial charge in [-0.3, -0.25) is 4.79 Å². The fourth-order valence-corrected chi connectivity index (χ4v) is 2.04. The van der Waals surface area contributed by atoms with Gasteiger partial charge >= 0.3 is 0 Å². The van der Waals surface area contributed by atoms with Crippen molar-refractivity contribution in [3.05, 3.63) is 0 Å². The predicted octanol–water partition coefficient (Wildman–Crippen LogP) is 1.62. The zero-order valence-corrected chi connectivity index (χ0v) is 10.2. The molecule has 0 aromatic heterocycles. The topological polar surface area (TPSA) is 46.3 Å². The number of hydrogen-bond acceptors (Lipinski definition) is 2. The Bertz CT molecular complexity index is 216. The van der Waals surface area contributed by atoms with Crippen LogP contribution in [-0.4, -0.2) is 29.9 Å². The lowest BCUT2D eigenvalue weighted by atomic mass is 9.94. The number of carbonyl (C=O) groups is 1. The molecule has 1 amide bonds. The van der Waals surface area contributed by atoms with Crippen LogP contribution in [0.2, 0.25) is 0 Å². The largest absolute Gasteiger partial charge is 0.338 e. The second kappa shape index (κ2) is 5.50. The van der Waals surface area contributed by atoms with Crippen molar-refractivity contribution in [2.24, 2.45) is 17.6 Å². The van der Waals surface area contributed by atoms with Crippen LogP contribution in [0.4, 0.5) is 0 Å². The lowest BCUT2D eigenvalue weighted by molar-refractivity contribution is -0.133. The molecule has 0 spiro atoms. The van der Waals surface area contributed by atoms with Gasteiger partial charge in [0.2, 0.25) is 5.91 Å². The molecule has 3 nitrogen and oxygen atoms in total. The molecule has 0 aliphatic carbocycles. The van der Waals surface area contributed by atoms with Gasteiger partial charge in [-0.05, 0) is 24.7 Å². The van der Waals surface area contributed by atoms with Gasteiger partial charge in [-0.25, -0.2) is 0 Å². The smallest absolute Gasteiger partial charge is 0.223 e. The van der Waals surface area contributed by atoms with Crippen molar-refractivity contribution in [3.8, 4) is 0 Å². The summed E-state index contributed by atoms with van der Waals surface area (Å²) in [5.41, 5.74) is 5.66. The van der Waals surface area contributed by atoms with Crippen molar-refractivity contribution in [2.45, 2.75) is 46.1 Å². The quantitative estimate of drug-likeness (QED) is 0.769. The monoisotopic (exact) mass is 212 g/mol. The number of carbonyl (C=O) groups excluding carboxylic acids is 1. The van der Waals surface area contributed by atoms with Gasteiger partial charge in [0.05, 0.1) is 0 Å². The highest BCUT2D eigenvalue weighted by molar-refractivity contribution is 5.77. The third kappa shape index (κ3) is 3.20. The van der Waals surface area contributed by atoms with E-state index in [0.29, 0.717) is 36.8 Å². The fraction of sp³-hybridized carbons (Fsp3) is 0.917. The predicted molar refractivity (Wildman–Crippen MR) is 62.4 cm³/mol. The summed E-state index contributed by atoms with van der Waals surface area (Å²) in [6.07, 6.45) is 2.87. The van der Waals surface area contributed by atoms with E-state index in [9.17, 15) is 4.79 Å². The molecular weight excluding hydrogens is 188 g/mol. The van der Waals surface area contributed by atoms with E-state index in [0.717, 1.165) is 19.4 Å². The Balaban J connectivity index is 2.46. The Morgan fingerprint density at radius 3 is 2.67 bits per heavy atom. The Kier molecular flexibility index (Phi) is 4.58. The van der Waals surface area contributed by atoms with E-state index >= 15 is 0 Å². The Morgan fingerprint density at radius 1 is 1.47 bits per heavy atom. The number of hydrogen-bond donors (Lipinski definition) is 1. The lowest BCUT2D eigenvalue weighted by Gasteiger charge is -2.26. The zero-order valence-electron chi connectivity index (χ0n) is 10.2. The van der Waals surface area contributed by atoms with E-state index in [1.165, 1.54) is 0 Å².